The van der Waals surface area contributed by atoms with Gasteiger partial charge in [0.2, 0.25) is 0 Å². The Morgan fingerprint density at radius 3 is 2.23 bits per heavy atom. The third-order valence-corrected chi connectivity index (χ3v) is 1.70. The van der Waals surface area contributed by atoms with Gasteiger partial charge in [-0.25, -0.2) is 0 Å². The van der Waals surface area contributed by atoms with Crippen LogP contribution in [-0.4, -0.2) is 23.2 Å². The Balaban J connectivity index is 3.69. The average molecular weight is 198 g/mol. The summed E-state index contributed by atoms with van der Waals surface area (Å²) in [6, 6.07) is 0. The number of carbonyl (C=O) groups is 1. The van der Waals surface area contributed by atoms with Crippen LogP contribution in [0.2, 0.25) is 0 Å². The van der Waals surface area contributed by atoms with Crippen LogP contribution in [-0.2, 0) is 4.79 Å². The molecule has 0 bridgehead atoms. The van der Waals surface area contributed by atoms with E-state index < -0.39 is 18.2 Å². The molecule has 0 aliphatic carbocycles. The van der Waals surface area contributed by atoms with E-state index in [2.05, 4.69) is 0 Å². The fourth-order valence-corrected chi connectivity index (χ4v) is 0.951. The molecule has 0 spiro atoms. The molecule has 0 aromatic rings. The van der Waals surface area contributed by atoms with Gasteiger partial charge in [0, 0.05) is 12.8 Å². The van der Waals surface area contributed by atoms with Crippen LogP contribution < -0.4 is 0 Å². The standard InChI is InChI=1S/C8H13F3O2/c1-7(13,5-6-12)3-2-4-8(9,10)11/h6,13H,2-5H2,1H3. The molecule has 0 saturated heterocycles. The molecule has 13 heavy (non-hydrogen) atoms. The SMILES string of the molecule is CC(O)(CC=O)CCCC(F)(F)F. The first-order valence-electron chi connectivity index (χ1n) is 4.00. The van der Waals surface area contributed by atoms with E-state index in [1.54, 1.807) is 0 Å². The number of carbonyl (C=O) groups excluding carboxylic acids is 1. The molecule has 0 heterocycles. The normalized spacial score (nSPS) is 16.7. The van der Waals surface area contributed by atoms with E-state index in [0.717, 1.165) is 0 Å². The molecule has 0 saturated carbocycles. The van der Waals surface area contributed by atoms with Crippen molar-refractivity contribution in [1.29, 1.82) is 0 Å². The summed E-state index contributed by atoms with van der Waals surface area (Å²) in [4.78, 5) is 10.00. The quantitative estimate of drug-likeness (QED) is 0.686. The first-order chi connectivity index (χ1) is 5.77. The number of aldehydes is 1. The van der Waals surface area contributed by atoms with Gasteiger partial charge in [-0.2, -0.15) is 13.2 Å². The summed E-state index contributed by atoms with van der Waals surface area (Å²) in [5.74, 6) is 0. The summed E-state index contributed by atoms with van der Waals surface area (Å²) in [7, 11) is 0. The van der Waals surface area contributed by atoms with Crippen molar-refractivity contribution in [2.24, 2.45) is 0 Å². The maximum atomic E-state index is 11.7. The highest BCUT2D eigenvalue weighted by Gasteiger charge is 2.28. The zero-order valence-electron chi connectivity index (χ0n) is 7.40. The van der Waals surface area contributed by atoms with E-state index in [-0.39, 0.29) is 19.3 Å². The molecule has 0 radical (unpaired) electrons. The molecule has 2 nitrogen and oxygen atoms in total. The van der Waals surface area contributed by atoms with Gasteiger partial charge in [-0.05, 0) is 19.8 Å². The zero-order valence-corrected chi connectivity index (χ0v) is 7.40. The Bertz CT molecular complexity index is 163. The van der Waals surface area contributed by atoms with E-state index in [9.17, 15) is 23.1 Å². The van der Waals surface area contributed by atoms with Gasteiger partial charge in [0.25, 0.3) is 0 Å². The fourth-order valence-electron chi connectivity index (χ4n) is 0.951. The van der Waals surface area contributed by atoms with Gasteiger partial charge in [-0.1, -0.05) is 0 Å². The van der Waals surface area contributed by atoms with Crippen LogP contribution in [0, 0.1) is 0 Å². The minimum Gasteiger partial charge on any atom is -0.390 e. The highest BCUT2D eigenvalue weighted by atomic mass is 19.4. The van der Waals surface area contributed by atoms with Crippen LogP contribution in [0.4, 0.5) is 13.2 Å². The maximum Gasteiger partial charge on any atom is 0.389 e. The first kappa shape index (κ1) is 12.4. The zero-order chi connectivity index (χ0) is 10.5. The van der Waals surface area contributed by atoms with E-state index in [1.165, 1.54) is 6.92 Å². The van der Waals surface area contributed by atoms with Crippen LogP contribution in [0.3, 0.4) is 0 Å². The predicted octanol–water partition coefficient (Wildman–Crippen LogP) is 2.06. The molecule has 1 atom stereocenters. The van der Waals surface area contributed by atoms with Crippen molar-refractivity contribution >= 4 is 6.29 Å². The Morgan fingerprint density at radius 1 is 1.31 bits per heavy atom. The number of halogens is 3. The minimum absolute atomic E-state index is 0.00868. The molecule has 0 amide bonds. The number of aliphatic hydroxyl groups is 1. The molecule has 0 fully saturated rings. The van der Waals surface area contributed by atoms with Crippen LogP contribution >= 0.6 is 0 Å². The van der Waals surface area contributed by atoms with Crippen molar-refractivity contribution in [3.63, 3.8) is 0 Å². The van der Waals surface area contributed by atoms with Crippen LogP contribution in [0.25, 0.3) is 0 Å². The Kier molecular flexibility index (Phi) is 4.39. The topological polar surface area (TPSA) is 37.3 Å². The van der Waals surface area contributed by atoms with Gasteiger partial charge in [0.1, 0.15) is 6.29 Å². The lowest BCUT2D eigenvalue weighted by Gasteiger charge is -2.20. The Morgan fingerprint density at radius 2 is 1.85 bits per heavy atom. The van der Waals surface area contributed by atoms with Gasteiger partial charge in [-0.3, -0.25) is 0 Å². The second-order valence-corrected chi connectivity index (χ2v) is 3.34. The third-order valence-electron chi connectivity index (χ3n) is 1.70. The van der Waals surface area contributed by atoms with Crippen molar-refractivity contribution in [3.05, 3.63) is 0 Å². The third kappa shape index (κ3) is 7.77. The first-order valence-corrected chi connectivity index (χ1v) is 4.00. The highest BCUT2D eigenvalue weighted by Crippen LogP contribution is 2.25. The molecule has 1 N–H and O–H groups in total. The van der Waals surface area contributed by atoms with Gasteiger partial charge in [0.05, 0.1) is 5.60 Å². The van der Waals surface area contributed by atoms with Gasteiger partial charge >= 0.3 is 6.18 Å². The summed E-state index contributed by atoms with van der Waals surface area (Å²) >= 11 is 0. The molecule has 0 aromatic heterocycles. The van der Waals surface area contributed by atoms with Crippen molar-refractivity contribution in [3.8, 4) is 0 Å². The lowest BCUT2D eigenvalue weighted by atomic mass is 9.96. The van der Waals surface area contributed by atoms with Crippen molar-refractivity contribution in [2.75, 3.05) is 0 Å². The second kappa shape index (κ2) is 4.60. The van der Waals surface area contributed by atoms with Gasteiger partial charge in [-0.15, -0.1) is 0 Å². The molecular formula is C8H13F3O2. The van der Waals surface area contributed by atoms with Crippen molar-refractivity contribution in [1.82, 2.24) is 0 Å². The lowest BCUT2D eigenvalue weighted by Crippen LogP contribution is -2.25. The Labute approximate surface area is 74.7 Å². The minimum atomic E-state index is -4.18. The van der Waals surface area contributed by atoms with Gasteiger partial charge in [0.15, 0.2) is 0 Å². The lowest BCUT2D eigenvalue weighted by molar-refractivity contribution is -0.137. The fraction of sp³-hybridized carbons (Fsp3) is 0.875. The van der Waals surface area contributed by atoms with Crippen LogP contribution in [0.15, 0.2) is 0 Å². The maximum absolute atomic E-state index is 11.7. The molecule has 78 valence electrons. The molecular weight excluding hydrogens is 185 g/mol. The smallest absolute Gasteiger partial charge is 0.389 e. The number of rotatable bonds is 5. The number of hydrogen-bond donors (Lipinski definition) is 1. The van der Waals surface area contributed by atoms with E-state index in [4.69, 9.17) is 0 Å². The summed E-state index contributed by atoms with van der Waals surface area (Å²) < 4.78 is 35.0. The highest BCUT2D eigenvalue weighted by molar-refractivity contribution is 5.51. The molecule has 0 aromatic carbocycles. The summed E-state index contributed by atoms with van der Waals surface area (Å²) in [5, 5.41) is 9.31. The van der Waals surface area contributed by atoms with Crippen molar-refractivity contribution < 1.29 is 23.1 Å². The summed E-state index contributed by atoms with van der Waals surface area (Å²) in [5.41, 5.74) is -1.30. The van der Waals surface area contributed by atoms with E-state index in [1.807, 2.05) is 0 Å². The van der Waals surface area contributed by atoms with Gasteiger partial charge < -0.3 is 9.90 Å². The van der Waals surface area contributed by atoms with Crippen LogP contribution in [0.1, 0.15) is 32.6 Å². The molecule has 5 heteroatoms. The summed E-state index contributed by atoms with van der Waals surface area (Å²) in [6.07, 6.45) is -4.87. The van der Waals surface area contributed by atoms with E-state index in [0.29, 0.717) is 6.29 Å². The largest absolute Gasteiger partial charge is 0.390 e. The van der Waals surface area contributed by atoms with Crippen LogP contribution in [0.5, 0.6) is 0 Å². The Hall–Kier alpha value is -0.580. The molecule has 0 aliphatic rings. The summed E-state index contributed by atoms with van der Waals surface area (Å²) in [6.45, 7) is 1.36. The van der Waals surface area contributed by atoms with Crippen molar-refractivity contribution in [2.45, 2.75) is 44.4 Å². The molecule has 0 aliphatic heterocycles. The molecule has 0 rings (SSSR count). The number of hydrogen-bond acceptors (Lipinski definition) is 2. The average Bonchev–Trinajstić information content (AvgIpc) is 1.82. The second-order valence-electron chi connectivity index (χ2n) is 3.34. The van der Waals surface area contributed by atoms with E-state index >= 15 is 0 Å². The molecule has 1 unspecified atom stereocenters. The predicted molar refractivity (Wildman–Crippen MR) is 41.2 cm³/mol. The number of alkyl halides is 3. The monoisotopic (exact) mass is 198 g/mol.